The Bertz CT molecular complexity index is 327. The number of rotatable bonds is 5. The van der Waals surface area contributed by atoms with E-state index in [1.807, 2.05) is 0 Å². The van der Waals surface area contributed by atoms with Crippen LogP contribution in [0.2, 0.25) is 5.02 Å². The molecule has 0 aromatic carbocycles. The van der Waals surface area contributed by atoms with E-state index in [2.05, 4.69) is 10.3 Å². The van der Waals surface area contributed by atoms with Gasteiger partial charge in [0.15, 0.2) is 0 Å². The van der Waals surface area contributed by atoms with Crippen LogP contribution in [0.4, 0.5) is 0 Å². The van der Waals surface area contributed by atoms with Crippen molar-refractivity contribution in [2.75, 3.05) is 13.2 Å². The van der Waals surface area contributed by atoms with Crippen LogP contribution in [0.3, 0.4) is 0 Å². The molecule has 88 valence electrons. The van der Waals surface area contributed by atoms with Gasteiger partial charge in [0, 0.05) is 18.3 Å². The van der Waals surface area contributed by atoms with Crippen LogP contribution in [0.5, 0.6) is 5.75 Å². The first-order valence-electron chi connectivity index (χ1n) is 5.81. The number of halogens is 1. The maximum absolute atomic E-state index is 5.81. The zero-order valence-electron chi connectivity index (χ0n) is 9.29. The first-order chi connectivity index (χ1) is 7.84. The number of ether oxygens (including phenoxy) is 1. The molecule has 0 spiro atoms. The van der Waals surface area contributed by atoms with Crippen LogP contribution < -0.4 is 10.1 Å². The molecule has 1 fully saturated rings. The summed E-state index contributed by atoms with van der Waals surface area (Å²) in [6.07, 6.45) is 8.18. The summed E-state index contributed by atoms with van der Waals surface area (Å²) in [5.74, 6) is 0.756. The second-order valence-corrected chi connectivity index (χ2v) is 4.56. The predicted octanol–water partition coefficient (Wildman–Crippen LogP) is 2.65. The van der Waals surface area contributed by atoms with Gasteiger partial charge < -0.3 is 10.1 Å². The Hall–Kier alpha value is -0.800. The SMILES string of the molecule is Clc1cncc(OCCCC2CCCN2)c1. The molecule has 0 saturated carbocycles. The largest absolute Gasteiger partial charge is 0.492 e. The lowest BCUT2D eigenvalue weighted by atomic mass is 10.1. The predicted molar refractivity (Wildman–Crippen MR) is 65.0 cm³/mol. The van der Waals surface area contributed by atoms with Crippen LogP contribution in [0.1, 0.15) is 25.7 Å². The molecule has 16 heavy (non-hydrogen) atoms. The summed E-state index contributed by atoms with van der Waals surface area (Å²) in [4.78, 5) is 3.97. The zero-order chi connectivity index (χ0) is 11.2. The van der Waals surface area contributed by atoms with Gasteiger partial charge in [-0.15, -0.1) is 0 Å². The summed E-state index contributed by atoms with van der Waals surface area (Å²) in [7, 11) is 0. The monoisotopic (exact) mass is 240 g/mol. The molecule has 1 aliphatic rings. The summed E-state index contributed by atoms with van der Waals surface area (Å²) in [6, 6.07) is 2.49. The molecule has 0 radical (unpaired) electrons. The van der Waals surface area contributed by atoms with E-state index in [1.165, 1.54) is 25.8 Å². The highest BCUT2D eigenvalue weighted by atomic mass is 35.5. The van der Waals surface area contributed by atoms with Gasteiger partial charge in [0.05, 0.1) is 17.8 Å². The molecule has 2 heterocycles. The summed E-state index contributed by atoms with van der Waals surface area (Å²) >= 11 is 5.81. The smallest absolute Gasteiger partial charge is 0.139 e. The average molecular weight is 241 g/mol. The summed E-state index contributed by atoms with van der Waals surface area (Å²) in [5.41, 5.74) is 0. The molecule has 1 aromatic heterocycles. The molecule has 0 bridgehead atoms. The molecule has 2 rings (SSSR count). The van der Waals surface area contributed by atoms with Crippen molar-refractivity contribution < 1.29 is 4.74 Å². The molecule has 1 atom stereocenters. The number of pyridine rings is 1. The lowest BCUT2D eigenvalue weighted by Gasteiger charge is -2.10. The van der Waals surface area contributed by atoms with E-state index in [0.29, 0.717) is 11.1 Å². The highest BCUT2D eigenvalue weighted by Gasteiger charge is 2.12. The van der Waals surface area contributed by atoms with Crippen molar-refractivity contribution in [3.63, 3.8) is 0 Å². The van der Waals surface area contributed by atoms with E-state index in [9.17, 15) is 0 Å². The Labute approximate surface area is 101 Å². The van der Waals surface area contributed by atoms with E-state index < -0.39 is 0 Å². The third-order valence-electron chi connectivity index (χ3n) is 2.81. The van der Waals surface area contributed by atoms with E-state index in [1.54, 1.807) is 18.5 Å². The fourth-order valence-electron chi connectivity index (χ4n) is 1.99. The van der Waals surface area contributed by atoms with Crippen LogP contribution in [0, 0.1) is 0 Å². The average Bonchev–Trinajstić information content (AvgIpc) is 2.77. The Morgan fingerprint density at radius 2 is 2.44 bits per heavy atom. The second-order valence-electron chi connectivity index (χ2n) is 4.12. The van der Waals surface area contributed by atoms with E-state index in [4.69, 9.17) is 16.3 Å². The van der Waals surface area contributed by atoms with E-state index in [0.717, 1.165) is 18.8 Å². The van der Waals surface area contributed by atoms with Crippen molar-refractivity contribution in [1.82, 2.24) is 10.3 Å². The van der Waals surface area contributed by atoms with Crippen molar-refractivity contribution >= 4 is 11.6 Å². The van der Waals surface area contributed by atoms with Gasteiger partial charge in [-0.1, -0.05) is 11.6 Å². The number of aromatic nitrogens is 1. The van der Waals surface area contributed by atoms with Crippen LogP contribution in [0.15, 0.2) is 18.5 Å². The highest BCUT2D eigenvalue weighted by Crippen LogP contribution is 2.16. The molecule has 4 heteroatoms. The van der Waals surface area contributed by atoms with Crippen molar-refractivity contribution in [1.29, 1.82) is 0 Å². The molecular weight excluding hydrogens is 224 g/mol. The molecule has 1 N–H and O–H groups in total. The Morgan fingerprint density at radius 1 is 1.50 bits per heavy atom. The first-order valence-corrected chi connectivity index (χ1v) is 6.19. The Morgan fingerprint density at radius 3 is 3.19 bits per heavy atom. The minimum absolute atomic E-state index is 0.620. The van der Waals surface area contributed by atoms with Crippen molar-refractivity contribution in [3.05, 3.63) is 23.5 Å². The third kappa shape index (κ3) is 3.65. The standard InChI is InChI=1S/C12H17ClN2O/c13-10-7-12(9-14-8-10)16-6-2-4-11-3-1-5-15-11/h7-9,11,15H,1-6H2. The van der Waals surface area contributed by atoms with Crippen molar-refractivity contribution in [2.45, 2.75) is 31.7 Å². The summed E-state index contributed by atoms with van der Waals surface area (Å²) < 4.78 is 5.57. The van der Waals surface area contributed by atoms with Gasteiger partial charge in [-0.25, -0.2) is 0 Å². The fraction of sp³-hybridized carbons (Fsp3) is 0.583. The second kappa shape index (κ2) is 6.06. The van der Waals surface area contributed by atoms with Crippen LogP contribution in [-0.2, 0) is 0 Å². The number of nitrogens with one attached hydrogen (secondary N) is 1. The van der Waals surface area contributed by atoms with Crippen LogP contribution in [0.25, 0.3) is 0 Å². The summed E-state index contributed by atoms with van der Waals surface area (Å²) in [6.45, 7) is 1.91. The lowest BCUT2D eigenvalue weighted by Crippen LogP contribution is -2.21. The Kier molecular flexibility index (Phi) is 4.43. The lowest BCUT2D eigenvalue weighted by molar-refractivity contribution is 0.298. The first kappa shape index (κ1) is 11.7. The molecule has 1 aliphatic heterocycles. The van der Waals surface area contributed by atoms with Crippen molar-refractivity contribution in [2.24, 2.45) is 0 Å². The molecule has 3 nitrogen and oxygen atoms in total. The maximum atomic E-state index is 5.81. The van der Waals surface area contributed by atoms with Gasteiger partial charge >= 0.3 is 0 Å². The van der Waals surface area contributed by atoms with E-state index in [-0.39, 0.29) is 0 Å². The molecular formula is C12H17ClN2O. The normalized spacial score (nSPS) is 19.9. The zero-order valence-corrected chi connectivity index (χ0v) is 10.0. The van der Waals surface area contributed by atoms with Gasteiger partial charge in [-0.05, 0) is 32.2 Å². The van der Waals surface area contributed by atoms with Crippen molar-refractivity contribution in [3.8, 4) is 5.75 Å². The number of hydrogen-bond acceptors (Lipinski definition) is 3. The maximum Gasteiger partial charge on any atom is 0.139 e. The number of nitrogens with zero attached hydrogens (tertiary/aromatic N) is 1. The van der Waals surface area contributed by atoms with Gasteiger partial charge in [0.25, 0.3) is 0 Å². The van der Waals surface area contributed by atoms with E-state index >= 15 is 0 Å². The van der Waals surface area contributed by atoms with Gasteiger partial charge in [-0.2, -0.15) is 0 Å². The van der Waals surface area contributed by atoms with Gasteiger partial charge in [-0.3, -0.25) is 4.98 Å². The van der Waals surface area contributed by atoms with Gasteiger partial charge in [0.1, 0.15) is 5.75 Å². The molecule has 1 saturated heterocycles. The van der Waals surface area contributed by atoms with Gasteiger partial charge in [0.2, 0.25) is 0 Å². The number of hydrogen-bond donors (Lipinski definition) is 1. The summed E-state index contributed by atoms with van der Waals surface area (Å²) in [5, 5.41) is 4.10. The minimum Gasteiger partial charge on any atom is -0.492 e. The molecule has 1 unspecified atom stereocenters. The topological polar surface area (TPSA) is 34.1 Å². The fourth-order valence-corrected chi connectivity index (χ4v) is 2.16. The quantitative estimate of drug-likeness (QED) is 0.804. The Balaban J connectivity index is 1.64. The minimum atomic E-state index is 0.620. The van der Waals surface area contributed by atoms with Crippen LogP contribution >= 0.6 is 11.6 Å². The third-order valence-corrected chi connectivity index (χ3v) is 3.01. The molecule has 1 aromatic rings. The van der Waals surface area contributed by atoms with Crippen LogP contribution in [-0.4, -0.2) is 24.2 Å². The highest BCUT2D eigenvalue weighted by molar-refractivity contribution is 6.30. The molecule has 0 amide bonds. The molecule has 0 aliphatic carbocycles.